The van der Waals surface area contributed by atoms with Gasteiger partial charge in [0.15, 0.2) is 0 Å². The molecule has 0 spiro atoms. The average Bonchev–Trinajstić information content (AvgIpc) is 3.07. The summed E-state index contributed by atoms with van der Waals surface area (Å²) in [4.78, 5) is 2.79. The summed E-state index contributed by atoms with van der Waals surface area (Å²) >= 11 is 3.74. The first-order chi connectivity index (χ1) is 9.79. The van der Waals surface area contributed by atoms with E-state index in [0.717, 1.165) is 13.0 Å². The zero-order chi connectivity index (χ0) is 13.9. The van der Waals surface area contributed by atoms with Gasteiger partial charge >= 0.3 is 0 Å². The lowest BCUT2D eigenvalue weighted by molar-refractivity contribution is 0.610. The summed E-state index contributed by atoms with van der Waals surface area (Å²) < 4.78 is 1.37. The normalized spacial score (nSPS) is 12.9. The van der Waals surface area contributed by atoms with Crippen molar-refractivity contribution in [1.82, 2.24) is 5.32 Å². The topological polar surface area (TPSA) is 12.0 Å². The minimum atomic E-state index is 0.324. The van der Waals surface area contributed by atoms with E-state index in [1.807, 2.05) is 22.7 Å². The van der Waals surface area contributed by atoms with Gasteiger partial charge in [0, 0.05) is 14.5 Å². The van der Waals surface area contributed by atoms with Crippen LogP contribution in [0.15, 0.2) is 41.8 Å². The molecular weight excluding hydrogens is 282 g/mol. The molecule has 0 aliphatic carbocycles. The number of hydrogen-bond donors (Lipinski definition) is 1. The Kier molecular flexibility index (Phi) is 4.20. The van der Waals surface area contributed by atoms with E-state index in [4.69, 9.17) is 0 Å². The number of fused-ring (bicyclic) bond motifs is 1. The lowest BCUT2D eigenvalue weighted by atomic mass is 10.0. The van der Waals surface area contributed by atoms with Crippen molar-refractivity contribution in [2.24, 2.45) is 0 Å². The summed E-state index contributed by atoms with van der Waals surface area (Å²) in [6, 6.07) is 13.5. The van der Waals surface area contributed by atoms with Crippen molar-refractivity contribution in [3.05, 3.63) is 57.1 Å². The van der Waals surface area contributed by atoms with Gasteiger partial charge in [0.05, 0.1) is 6.04 Å². The van der Waals surface area contributed by atoms with Gasteiger partial charge in [0.1, 0.15) is 0 Å². The van der Waals surface area contributed by atoms with Gasteiger partial charge in [0.2, 0.25) is 0 Å². The highest BCUT2D eigenvalue weighted by Crippen LogP contribution is 2.35. The lowest BCUT2D eigenvalue weighted by Crippen LogP contribution is -2.22. The van der Waals surface area contributed by atoms with Crippen LogP contribution in [0.1, 0.15) is 34.7 Å². The van der Waals surface area contributed by atoms with Crippen LogP contribution in [-0.2, 0) is 0 Å². The number of aryl methyl sites for hydroxylation is 1. The molecule has 0 saturated carbocycles. The molecule has 2 aromatic heterocycles. The van der Waals surface area contributed by atoms with Crippen molar-refractivity contribution in [2.75, 3.05) is 6.54 Å². The van der Waals surface area contributed by atoms with Crippen molar-refractivity contribution < 1.29 is 0 Å². The van der Waals surface area contributed by atoms with Gasteiger partial charge in [-0.2, -0.15) is 0 Å². The third-order valence-electron chi connectivity index (χ3n) is 3.47. The van der Waals surface area contributed by atoms with E-state index < -0.39 is 0 Å². The minimum Gasteiger partial charge on any atom is -0.306 e. The maximum atomic E-state index is 3.71. The molecule has 0 radical (unpaired) electrons. The molecule has 0 bridgehead atoms. The van der Waals surface area contributed by atoms with Crippen LogP contribution in [0.3, 0.4) is 0 Å². The Hall–Kier alpha value is -1.16. The molecule has 3 heteroatoms. The van der Waals surface area contributed by atoms with Crippen LogP contribution in [0.2, 0.25) is 0 Å². The summed E-state index contributed by atoms with van der Waals surface area (Å²) in [5.41, 5.74) is 1.42. The Morgan fingerprint density at radius 2 is 2.00 bits per heavy atom. The summed E-state index contributed by atoms with van der Waals surface area (Å²) in [6.45, 7) is 5.44. The molecule has 104 valence electrons. The summed E-state index contributed by atoms with van der Waals surface area (Å²) in [5, 5.41) is 7.41. The third kappa shape index (κ3) is 2.66. The van der Waals surface area contributed by atoms with Crippen molar-refractivity contribution in [3.63, 3.8) is 0 Å². The highest BCUT2D eigenvalue weighted by Gasteiger charge is 2.18. The molecule has 0 saturated heterocycles. The van der Waals surface area contributed by atoms with E-state index in [-0.39, 0.29) is 0 Å². The molecule has 1 atom stereocenters. The molecule has 1 nitrogen and oxygen atoms in total. The fourth-order valence-corrected chi connectivity index (χ4v) is 4.44. The first-order valence-electron chi connectivity index (χ1n) is 7.05. The van der Waals surface area contributed by atoms with Crippen molar-refractivity contribution in [3.8, 4) is 0 Å². The number of nitrogens with one attached hydrogen (secondary N) is 1. The van der Waals surface area contributed by atoms with Crippen LogP contribution in [0.5, 0.6) is 0 Å². The van der Waals surface area contributed by atoms with Gasteiger partial charge in [-0.1, -0.05) is 25.1 Å². The highest BCUT2D eigenvalue weighted by atomic mass is 32.1. The van der Waals surface area contributed by atoms with Crippen molar-refractivity contribution in [1.29, 1.82) is 0 Å². The molecule has 0 aliphatic heterocycles. The molecule has 1 N–H and O–H groups in total. The highest BCUT2D eigenvalue weighted by molar-refractivity contribution is 7.17. The van der Waals surface area contributed by atoms with Crippen LogP contribution < -0.4 is 5.32 Å². The number of rotatable bonds is 5. The quantitative estimate of drug-likeness (QED) is 0.669. The predicted molar refractivity (Wildman–Crippen MR) is 91.0 cm³/mol. The Morgan fingerprint density at radius 3 is 2.75 bits per heavy atom. The van der Waals surface area contributed by atoms with Crippen LogP contribution in [-0.4, -0.2) is 6.54 Å². The largest absolute Gasteiger partial charge is 0.306 e. The second-order valence-electron chi connectivity index (χ2n) is 5.02. The summed E-state index contributed by atoms with van der Waals surface area (Å²) in [6.07, 6.45) is 1.16. The monoisotopic (exact) mass is 301 g/mol. The third-order valence-corrected chi connectivity index (χ3v) is 5.51. The van der Waals surface area contributed by atoms with Gasteiger partial charge in [-0.3, -0.25) is 0 Å². The van der Waals surface area contributed by atoms with E-state index in [2.05, 4.69) is 60.9 Å². The maximum Gasteiger partial charge on any atom is 0.0685 e. The fourth-order valence-electron chi connectivity index (χ4n) is 2.48. The first-order valence-corrected chi connectivity index (χ1v) is 8.75. The van der Waals surface area contributed by atoms with Crippen LogP contribution >= 0.6 is 22.7 Å². The summed E-state index contributed by atoms with van der Waals surface area (Å²) in [7, 11) is 0. The smallest absolute Gasteiger partial charge is 0.0685 e. The Morgan fingerprint density at radius 1 is 1.15 bits per heavy atom. The maximum absolute atomic E-state index is 3.71. The van der Waals surface area contributed by atoms with Crippen LogP contribution in [0.25, 0.3) is 10.1 Å². The SMILES string of the molecule is CCCNC(c1ccc(C)s1)c1csc2ccccc12. The summed E-state index contributed by atoms with van der Waals surface area (Å²) in [5.74, 6) is 0. The van der Waals surface area contributed by atoms with Gasteiger partial charge < -0.3 is 5.32 Å². The van der Waals surface area contributed by atoms with Crippen LogP contribution in [0.4, 0.5) is 0 Å². The van der Waals surface area contributed by atoms with Gasteiger partial charge in [0.25, 0.3) is 0 Å². The molecule has 0 fully saturated rings. The van der Waals surface area contributed by atoms with E-state index in [9.17, 15) is 0 Å². The van der Waals surface area contributed by atoms with E-state index >= 15 is 0 Å². The van der Waals surface area contributed by atoms with Gasteiger partial charge in [-0.15, -0.1) is 22.7 Å². The Balaban J connectivity index is 2.04. The number of benzene rings is 1. The first kappa shape index (κ1) is 13.8. The van der Waals surface area contributed by atoms with E-state index in [1.165, 1.54) is 25.4 Å². The molecule has 20 heavy (non-hydrogen) atoms. The minimum absolute atomic E-state index is 0.324. The van der Waals surface area contributed by atoms with Crippen molar-refractivity contribution in [2.45, 2.75) is 26.3 Å². The number of hydrogen-bond acceptors (Lipinski definition) is 3. The molecule has 2 heterocycles. The molecule has 1 aromatic carbocycles. The standard InChI is InChI=1S/C17H19NS2/c1-3-10-18-17(16-9-8-12(2)20-16)14-11-19-15-7-5-4-6-13(14)15/h4-9,11,17-18H,3,10H2,1-2H3. The van der Waals surface area contributed by atoms with Crippen molar-refractivity contribution >= 4 is 32.8 Å². The molecule has 0 amide bonds. The predicted octanol–water partition coefficient (Wildman–Crippen LogP) is 5.36. The zero-order valence-electron chi connectivity index (χ0n) is 11.8. The van der Waals surface area contributed by atoms with Gasteiger partial charge in [-0.25, -0.2) is 0 Å². The Labute approximate surface area is 128 Å². The van der Waals surface area contributed by atoms with Gasteiger partial charge in [-0.05, 0) is 54.4 Å². The second-order valence-corrected chi connectivity index (χ2v) is 7.25. The molecule has 1 unspecified atom stereocenters. The Bertz CT molecular complexity index is 696. The number of thiophene rings is 2. The molecule has 3 rings (SSSR count). The molecular formula is C17H19NS2. The molecule has 0 aliphatic rings. The van der Waals surface area contributed by atoms with E-state index in [1.54, 1.807) is 0 Å². The molecule has 3 aromatic rings. The van der Waals surface area contributed by atoms with E-state index in [0.29, 0.717) is 6.04 Å². The fraction of sp³-hybridized carbons (Fsp3) is 0.294. The lowest BCUT2D eigenvalue weighted by Gasteiger charge is -2.17. The zero-order valence-corrected chi connectivity index (χ0v) is 13.5. The second kappa shape index (κ2) is 6.08. The van der Waals surface area contributed by atoms with Crippen LogP contribution in [0, 0.1) is 6.92 Å². The average molecular weight is 301 g/mol.